The van der Waals surface area contributed by atoms with Crippen LogP contribution in [0.5, 0.6) is 0 Å². The maximum Gasteiger partial charge on any atom is 0.373 e. The maximum absolute atomic E-state index is 13.0. The van der Waals surface area contributed by atoms with E-state index < -0.39 is 17.9 Å². The summed E-state index contributed by atoms with van der Waals surface area (Å²) in [4.78, 5) is 38.4. The van der Waals surface area contributed by atoms with Gasteiger partial charge in [0.1, 0.15) is 11.5 Å². The molecule has 0 unspecified atom stereocenters. The third-order valence-corrected chi connectivity index (χ3v) is 6.11. The molecular weight excluding hydrogens is 470 g/mol. The number of imide groups is 1. The number of urea groups is 1. The van der Waals surface area contributed by atoms with Crippen molar-refractivity contribution in [2.45, 2.75) is 13.1 Å². The molecule has 4 aromatic rings. The number of furan rings is 1. The lowest BCUT2D eigenvalue weighted by atomic mass is 10.1. The van der Waals surface area contributed by atoms with Crippen LogP contribution in [0.2, 0.25) is 5.02 Å². The fourth-order valence-electron chi connectivity index (χ4n) is 4.03. The van der Waals surface area contributed by atoms with Gasteiger partial charge in [-0.15, -0.1) is 0 Å². The number of carbonyl (C=O) groups excluding carboxylic acids is 3. The first-order valence-corrected chi connectivity index (χ1v) is 11.1. The van der Waals surface area contributed by atoms with Crippen LogP contribution in [-0.2, 0) is 22.6 Å². The van der Waals surface area contributed by atoms with Crippen LogP contribution in [0.15, 0.2) is 77.0 Å². The summed E-state index contributed by atoms with van der Waals surface area (Å²) in [6, 6.07) is 17.5. The topological polar surface area (TPSA) is 93.8 Å². The number of benzene rings is 2. The number of carbonyl (C=O) groups is 3. The Bertz CT molecular complexity index is 1500. The van der Waals surface area contributed by atoms with Crippen LogP contribution in [0.4, 0.5) is 4.79 Å². The monoisotopic (exact) mass is 489 g/mol. The summed E-state index contributed by atoms with van der Waals surface area (Å²) in [7, 11) is 1.29. The Morgan fingerprint density at radius 1 is 1.06 bits per heavy atom. The van der Waals surface area contributed by atoms with E-state index >= 15 is 0 Å². The van der Waals surface area contributed by atoms with Crippen molar-refractivity contribution in [2.24, 2.45) is 0 Å². The van der Waals surface area contributed by atoms with E-state index in [1.165, 1.54) is 7.11 Å². The molecule has 2 aromatic heterocycles. The Morgan fingerprint density at radius 2 is 1.83 bits per heavy atom. The summed E-state index contributed by atoms with van der Waals surface area (Å²) >= 11 is 6.21. The smallest absolute Gasteiger partial charge is 0.373 e. The summed E-state index contributed by atoms with van der Waals surface area (Å²) in [5.74, 6) is -0.280. The summed E-state index contributed by atoms with van der Waals surface area (Å²) in [6.45, 7) is 0.435. The fourth-order valence-corrected chi connectivity index (χ4v) is 4.23. The van der Waals surface area contributed by atoms with Crippen LogP contribution in [0.3, 0.4) is 0 Å². The largest absolute Gasteiger partial charge is 0.463 e. The third-order valence-electron chi connectivity index (χ3n) is 5.74. The van der Waals surface area contributed by atoms with E-state index in [-0.39, 0.29) is 18.0 Å². The van der Waals surface area contributed by atoms with E-state index in [2.05, 4.69) is 5.32 Å². The van der Waals surface area contributed by atoms with Gasteiger partial charge in [-0.3, -0.25) is 9.69 Å². The van der Waals surface area contributed by atoms with Crippen molar-refractivity contribution in [1.82, 2.24) is 14.8 Å². The number of para-hydroxylation sites is 1. The molecule has 1 aliphatic rings. The molecule has 0 radical (unpaired) electrons. The summed E-state index contributed by atoms with van der Waals surface area (Å²) in [5.41, 5.74) is 2.51. The van der Waals surface area contributed by atoms with Gasteiger partial charge < -0.3 is 19.0 Å². The average molecular weight is 490 g/mol. The number of amides is 3. The van der Waals surface area contributed by atoms with Crippen LogP contribution >= 0.6 is 11.6 Å². The number of halogens is 1. The molecule has 8 nitrogen and oxygen atoms in total. The van der Waals surface area contributed by atoms with Gasteiger partial charge in [0.2, 0.25) is 5.76 Å². The Morgan fingerprint density at radius 3 is 2.63 bits per heavy atom. The molecular formula is C26H20ClN3O5. The standard InChI is InChI=1S/C26H20ClN3O5/c1-34-25(32)23-11-10-18(35-23)15-29-13-17(19-7-3-5-9-22(19)29)12-21-24(31)30(26(33)28-21)14-16-6-2-4-8-20(16)27/h2-13H,14-15H2,1H3,(H,28,33)/b21-12-. The van der Waals surface area contributed by atoms with E-state index in [1.807, 2.05) is 35.0 Å². The van der Waals surface area contributed by atoms with Gasteiger partial charge in [-0.25, -0.2) is 9.59 Å². The molecule has 3 amide bonds. The zero-order chi connectivity index (χ0) is 24.5. The molecule has 9 heteroatoms. The normalized spacial score (nSPS) is 14.7. The number of nitrogens with one attached hydrogen (secondary N) is 1. The molecule has 1 aliphatic heterocycles. The highest BCUT2D eigenvalue weighted by Gasteiger charge is 2.34. The highest BCUT2D eigenvalue weighted by atomic mass is 35.5. The predicted octanol–water partition coefficient (Wildman–Crippen LogP) is 4.82. The van der Waals surface area contributed by atoms with Gasteiger partial charge in [0.25, 0.3) is 5.91 Å². The van der Waals surface area contributed by atoms with Crippen molar-refractivity contribution < 1.29 is 23.5 Å². The van der Waals surface area contributed by atoms with Gasteiger partial charge in [-0.1, -0.05) is 48.0 Å². The molecule has 0 saturated carbocycles. The number of rotatable bonds is 6. The minimum Gasteiger partial charge on any atom is -0.463 e. The maximum atomic E-state index is 13.0. The second-order valence-electron chi connectivity index (χ2n) is 7.96. The Hall–Kier alpha value is -4.30. The average Bonchev–Trinajstić information content (AvgIpc) is 3.54. The molecule has 1 N–H and O–H groups in total. The Balaban J connectivity index is 1.44. The fraction of sp³-hybridized carbons (Fsp3) is 0.115. The first kappa shape index (κ1) is 22.5. The van der Waals surface area contributed by atoms with E-state index in [9.17, 15) is 14.4 Å². The van der Waals surface area contributed by atoms with Crippen molar-refractivity contribution in [3.05, 3.63) is 100 Å². The second-order valence-corrected chi connectivity index (χ2v) is 8.37. The first-order valence-electron chi connectivity index (χ1n) is 10.8. The molecule has 3 heterocycles. The minimum atomic E-state index is -0.545. The number of nitrogens with zero attached hydrogens (tertiary/aromatic N) is 2. The molecule has 1 saturated heterocycles. The molecule has 176 valence electrons. The number of hydrogen-bond acceptors (Lipinski definition) is 5. The number of esters is 1. The highest BCUT2D eigenvalue weighted by molar-refractivity contribution is 6.31. The molecule has 5 rings (SSSR count). The van der Waals surface area contributed by atoms with E-state index in [4.69, 9.17) is 20.8 Å². The Labute approximate surface area is 205 Å². The van der Waals surface area contributed by atoms with Crippen molar-refractivity contribution in [1.29, 1.82) is 0 Å². The van der Waals surface area contributed by atoms with Crippen molar-refractivity contribution in [3.8, 4) is 0 Å². The van der Waals surface area contributed by atoms with E-state index in [1.54, 1.807) is 42.5 Å². The van der Waals surface area contributed by atoms with Gasteiger partial charge >= 0.3 is 12.0 Å². The third kappa shape index (κ3) is 4.31. The number of hydrogen-bond donors (Lipinski definition) is 1. The van der Waals surface area contributed by atoms with Crippen molar-refractivity contribution in [2.75, 3.05) is 7.11 Å². The lowest BCUT2D eigenvalue weighted by Crippen LogP contribution is -2.30. The number of ether oxygens (including phenoxy) is 1. The number of aromatic nitrogens is 1. The SMILES string of the molecule is COC(=O)c1ccc(Cn2cc(/C=C3\NC(=O)N(Cc4ccccc4Cl)C3=O)c3ccccc32)o1. The van der Waals surface area contributed by atoms with Gasteiger partial charge in [-0.2, -0.15) is 0 Å². The zero-order valence-electron chi connectivity index (χ0n) is 18.7. The molecule has 0 atom stereocenters. The van der Waals surface area contributed by atoms with Crippen LogP contribution in [-0.4, -0.2) is 34.5 Å². The van der Waals surface area contributed by atoms with E-state index in [0.29, 0.717) is 22.9 Å². The molecule has 1 fully saturated rings. The summed E-state index contributed by atoms with van der Waals surface area (Å²) in [5, 5.41) is 4.05. The zero-order valence-corrected chi connectivity index (χ0v) is 19.4. The quantitative estimate of drug-likeness (QED) is 0.238. The molecule has 0 spiro atoms. The number of methoxy groups -OCH3 is 1. The summed E-state index contributed by atoms with van der Waals surface area (Å²) in [6.07, 6.45) is 3.53. The lowest BCUT2D eigenvalue weighted by Gasteiger charge is -2.12. The molecule has 35 heavy (non-hydrogen) atoms. The van der Waals surface area contributed by atoms with Crippen LogP contribution in [0.1, 0.15) is 27.4 Å². The predicted molar refractivity (Wildman–Crippen MR) is 130 cm³/mol. The van der Waals surface area contributed by atoms with Crippen LogP contribution in [0, 0.1) is 0 Å². The highest BCUT2D eigenvalue weighted by Crippen LogP contribution is 2.27. The Kier molecular flexibility index (Phi) is 5.88. The molecule has 0 bridgehead atoms. The van der Waals surface area contributed by atoms with Crippen LogP contribution < -0.4 is 5.32 Å². The first-order chi connectivity index (χ1) is 16.9. The second kappa shape index (κ2) is 9.15. The minimum absolute atomic E-state index is 0.0739. The van der Waals surface area contributed by atoms with E-state index in [0.717, 1.165) is 21.4 Å². The van der Waals surface area contributed by atoms with Gasteiger partial charge in [0, 0.05) is 27.7 Å². The number of fused-ring (bicyclic) bond motifs is 1. The van der Waals surface area contributed by atoms with Crippen molar-refractivity contribution >= 4 is 46.5 Å². The molecule has 2 aromatic carbocycles. The summed E-state index contributed by atoms with van der Waals surface area (Å²) < 4.78 is 12.2. The lowest BCUT2D eigenvalue weighted by molar-refractivity contribution is -0.123. The van der Waals surface area contributed by atoms with Gasteiger partial charge in [-0.05, 0) is 35.9 Å². The van der Waals surface area contributed by atoms with Gasteiger partial charge in [0.15, 0.2) is 0 Å². The van der Waals surface area contributed by atoms with Crippen LogP contribution in [0.25, 0.3) is 17.0 Å². The van der Waals surface area contributed by atoms with Gasteiger partial charge in [0.05, 0.1) is 20.2 Å². The molecule has 0 aliphatic carbocycles. The van der Waals surface area contributed by atoms with Crippen molar-refractivity contribution in [3.63, 3.8) is 0 Å².